The van der Waals surface area contributed by atoms with Gasteiger partial charge in [0.15, 0.2) is 0 Å². The van der Waals surface area contributed by atoms with E-state index in [9.17, 15) is 29.4 Å². The minimum Gasteiger partial charge on any atom is -0.465 e. The van der Waals surface area contributed by atoms with Gasteiger partial charge in [-0.15, -0.1) is 0 Å². The summed E-state index contributed by atoms with van der Waals surface area (Å²) in [6.45, 7) is 1.48. The molecule has 0 radical (unpaired) electrons. The van der Waals surface area contributed by atoms with E-state index in [-0.39, 0.29) is 45.8 Å². The number of hydrogen-bond donors (Lipinski definition) is 3. The Labute approximate surface area is 138 Å². The van der Waals surface area contributed by atoms with Gasteiger partial charge in [-0.25, -0.2) is 14.4 Å². The van der Waals surface area contributed by atoms with Gasteiger partial charge in [-0.1, -0.05) is 0 Å². The Balaban J connectivity index is 2.96. The third kappa shape index (κ3) is 5.48. The second-order valence-corrected chi connectivity index (χ2v) is 5.46. The molecule has 1 atom stereocenters. The number of carboxylic acid groups (broad SMARTS) is 3. The molecule has 0 aromatic carbocycles. The van der Waals surface area contributed by atoms with Gasteiger partial charge in [0.2, 0.25) is 6.41 Å². The minimum absolute atomic E-state index is 0.00854. The fraction of sp³-hybridized carbons (Fsp3) is 0.692. The zero-order chi connectivity index (χ0) is 18.3. The SMILES string of the molecule is CC1CN(C(=O)O)CCN(C(=O)O)CCN(C(=O)O)CCN1C=O. The van der Waals surface area contributed by atoms with Crippen LogP contribution < -0.4 is 0 Å². The Morgan fingerprint density at radius 2 is 1.17 bits per heavy atom. The summed E-state index contributed by atoms with van der Waals surface area (Å²) in [5.41, 5.74) is 0. The van der Waals surface area contributed by atoms with Crippen LogP contribution in [0.5, 0.6) is 0 Å². The summed E-state index contributed by atoms with van der Waals surface area (Å²) in [7, 11) is 0. The van der Waals surface area contributed by atoms with Crippen LogP contribution in [-0.4, -0.2) is 111 Å². The number of hydrogen-bond acceptors (Lipinski definition) is 4. The lowest BCUT2D eigenvalue weighted by molar-refractivity contribution is -0.120. The topological polar surface area (TPSA) is 142 Å². The summed E-state index contributed by atoms with van der Waals surface area (Å²) >= 11 is 0. The molecule has 3 N–H and O–H groups in total. The number of carbonyl (C=O) groups is 4. The van der Waals surface area contributed by atoms with Crippen LogP contribution in [0.3, 0.4) is 0 Å². The molecule has 11 nitrogen and oxygen atoms in total. The standard InChI is InChI=1S/C13H22N4O7/c1-10-8-16(13(23)24)6-4-14(11(19)20)2-3-15(12(21)22)5-7-17(10)9-18/h9-10H,2-8H2,1H3,(H,19,20)(H,21,22)(H,23,24). The molecule has 0 aliphatic carbocycles. The van der Waals surface area contributed by atoms with Crippen LogP contribution >= 0.6 is 0 Å². The lowest BCUT2D eigenvalue weighted by atomic mass is 10.2. The molecule has 24 heavy (non-hydrogen) atoms. The second-order valence-electron chi connectivity index (χ2n) is 5.46. The van der Waals surface area contributed by atoms with E-state index in [0.29, 0.717) is 6.41 Å². The Morgan fingerprint density at radius 3 is 1.54 bits per heavy atom. The van der Waals surface area contributed by atoms with Crippen LogP contribution in [0.4, 0.5) is 14.4 Å². The molecule has 0 spiro atoms. The van der Waals surface area contributed by atoms with E-state index < -0.39 is 24.3 Å². The fourth-order valence-corrected chi connectivity index (χ4v) is 2.39. The molecule has 0 aromatic rings. The van der Waals surface area contributed by atoms with E-state index in [2.05, 4.69) is 0 Å². The first-order valence-electron chi connectivity index (χ1n) is 7.41. The van der Waals surface area contributed by atoms with Gasteiger partial charge in [0.05, 0.1) is 0 Å². The van der Waals surface area contributed by atoms with Gasteiger partial charge in [-0.05, 0) is 6.92 Å². The van der Waals surface area contributed by atoms with Gasteiger partial charge in [0.1, 0.15) is 0 Å². The van der Waals surface area contributed by atoms with Crippen molar-refractivity contribution < 1.29 is 34.5 Å². The molecule has 0 bridgehead atoms. The lowest BCUT2D eigenvalue weighted by Gasteiger charge is -2.34. The van der Waals surface area contributed by atoms with Crippen molar-refractivity contribution in [3.05, 3.63) is 0 Å². The third-order valence-corrected chi connectivity index (χ3v) is 3.91. The van der Waals surface area contributed by atoms with Crippen LogP contribution in [-0.2, 0) is 4.79 Å². The van der Waals surface area contributed by atoms with Crippen LogP contribution in [0, 0.1) is 0 Å². The summed E-state index contributed by atoms with van der Waals surface area (Å²) in [5.74, 6) is 0. The van der Waals surface area contributed by atoms with Gasteiger partial charge in [-0.3, -0.25) is 4.79 Å². The quantitative estimate of drug-likeness (QED) is 0.557. The molecule has 1 rings (SSSR count). The maximum atomic E-state index is 11.3. The van der Waals surface area contributed by atoms with Crippen molar-refractivity contribution in [2.24, 2.45) is 0 Å². The number of nitrogens with zero attached hydrogens (tertiary/aromatic N) is 4. The van der Waals surface area contributed by atoms with Gasteiger partial charge < -0.3 is 34.9 Å². The maximum Gasteiger partial charge on any atom is 0.407 e. The van der Waals surface area contributed by atoms with Crippen molar-refractivity contribution >= 4 is 24.7 Å². The Kier molecular flexibility index (Phi) is 7.08. The highest BCUT2D eigenvalue weighted by Gasteiger charge is 2.24. The normalized spacial score (nSPS) is 20.8. The average molecular weight is 346 g/mol. The molecule has 136 valence electrons. The zero-order valence-corrected chi connectivity index (χ0v) is 13.4. The highest BCUT2D eigenvalue weighted by Crippen LogP contribution is 2.05. The first-order chi connectivity index (χ1) is 11.3. The predicted octanol–water partition coefficient (Wildman–Crippen LogP) is -0.213. The minimum atomic E-state index is -1.25. The van der Waals surface area contributed by atoms with Crippen LogP contribution in [0.1, 0.15) is 6.92 Å². The smallest absolute Gasteiger partial charge is 0.407 e. The molecular formula is C13H22N4O7. The highest BCUT2D eigenvalue weighted by molar-refractivity contribution is 5.67. The number of carbonyl (C=O) groups excluding carboxylic acids is 1. The molecule has 1 fully saturated rings. The summed E-state index contributed by atoms with van der Waals surface area (Å²) < 4.78 is 0. The molecule has 1 aliphatic heterocycles. The maximum absolute atomic E-state index is 11.3. The van der Waals surface area contributed by atoms with Crippen LogP contribution in [0.15, 0.2) is 0 Å². The highest BCUT2D eigenvalue weighted by atomic mass is 16.4. The average Bonchev–Trinajstić information content (AvgIpc) is 2.49. The van der Waals surface area contributed by atoms with Crippen molar-refractivity contribution in [3.8, 4) is 0 Å². The Hall–Kier alpha value is -2.72. The van der Waals surface area contributed by atoms with E-state index in [1.165, 1.54) is 4.90 Å². The molecule has 1 aliphatic rings. The van der Waals surface area contributed by atoms with Gasteiger partial charge in [-0.2, -0.15) is 0 Å². The monoisotopic (exact) mass is 346 g/mol. The molecule has 1 unspecified atom stereocenters. The van der Waals surface area contributed by atoms with E-state index >= 15 is 0 Å². The van der Waals surface area contributed by atoms with Crippen molar-refractivity contribution in [2.45, 2.75) is 13.0 Å². The molecule has 0 aromatic heterocycles. The fourth-order valence-electron chi connectivity index (χ4n) is 2.39. The van der Waals surface area contributed by atoms with Gasteiger partial charge in [0, 0.05) is 51.9 Å². The molecule has 4 amide bonds. The van der Waals surface area contributed by atoms with E-state index in [1.54, 1.807) is 6.92 Å². The van der Waals surface area contributed by atoms with Gasteiger partial charge in [0.25, 0.3) is 0 Å². The van der Waals surface area contributed by atoms with Crippen LogP contribution in [0.25, 0.3) is 0 Å². The lowest BCUT2D eigenvalue weighted by Crippen LogP contribution is -2.51. The zero-order valence-electron chi connectivity index (χ0n) is 13.4. The van der Waals surface area contributed by atoms with Crippen molar-refractivity contribution in [3.63, 3.8) is 0 Å². The first-order valence-corrected chi connectivity index (χ1v) is 7.41. The molecular weight excluding hydrogens is 324 g/mol. The van der Waals surface area contributed by atoms with Crippen molar-refractivity contribution in [2.75, 3.05) is 45.8 Å². The summed E-state index contributed by atoms with van der Waals surface area (Å²) in [6.07, 6.45) is -3.10. The van der Waals surface area contributed by atoms with Gasteiger partial charge >= 0.3 is 18.3 Å². The van der Waals surface area contributed by atoms with E-state index in [0.717, 1.165) is 14.7 Å². The second kappa shape index (κ2) is 8.79. The summed E-state index contributed by atoms with van der Waals surface area (Å²) in [5, 5.41) is 27.6. The number of amides is 4. The third-order valence-electron chi connectivity index (χ3n) is 3.91. The summed E-state index contributed by atoms with van der Waals surface area (Å²) in [4.78, 5) is 49.4. The van der Waals surface area contributed by atoms with E-state index in [1.807, 2.05) is 0 Å². The Morgan fingerprint density at radius 1 is 0.792 bits per heavy atom. The van der Waals surface area contributed by atoms with Crippen LogP contribution in [0.2, 0.25) is 0 Å². The van der Waals surface area contributed by atoms with E-state index in [4.69, 9.17) is 5.11 Å². The van der Waals surface area contributed by atoms with Crippen molar-refractivity contribution in [1.29, 1.82) is 0 Å². The molecule has 1 saturated heterocycles. The molecule has 1 heterocycles. The Bertz CT molecular complexity index is 480. The molecule has 11 heteroatoms. The van der Waals surface area contributed by atoms with Crippen molar-refractivity contribution in [1.82, 2.24) is 19.6 Å². The first kappa shape index (κ1) is 19.3. The molecule has 0 saturated carbocycles. The largest absolute Gasteiger partial charge is 0.465 e. The predicted molar refractivity (Wildman–Crippen MR) is 81.0 cm³/mol. The number of rotatable bonds is 1. The summed E-state index contributed by atoms with van der Waals surface area (Å²) in [6, 6.07) is -0.466.